The van der Waals surface area contributed by atoms with Crippen molar-refractivity contribution in [2.24, 2.45) is 0 Å². The fourth-order valence-corrected chi connectivity index (χ4v) is 3.51. The van der Waals surface area contributed by atoms with Crippen molar-refractivity contribution in [2.75, 3.05) is 13.2 Å². The zero-order valence-corrected chi connectivity index (χ0v) is 17.8. The lowest BCUT2D eigenvalue weighted by Crippen LogP contribution is -2.51. The second-order valence-corrected chi connectivity index (χ2v) is 7.53. The largest absolute Gasteiger partial charge is 0.395 e. The van der Waals surface area contributed by atoms with Crippen LogP contribution >= 0.6 is 0 Å². The molecule has 6 heteroatoms. The van der Waals surface area contributed by atoms with Crippen molar-refractivity contribution in [3.63, 3.8) is 0 Å². The molecule has 0 fully saturated rings. The van der Waals surface area contributed by atoms with Crippen molar-refractivity contribution in [2.45, 2.75) is 25.4 Å². The standard InChI is InChI=1S/C26H27FN2O3/c27-23-13-11-22(12-14-23)19-29(25(31)18-21-9-5-2-6-10-21)24(26(32)28-15-16-30)17-20-7-3-1-4-8-20/h1-14,24,30H,15-19H2,(H,28,32)/t24-/m1/s1. The quantitative estimate of drug-likeness (QED) is 0.515. The Morgan fingerprint density at radius 2 is 1.44 bits per heavy atom. The monoisotopic (exact) mass is 434 g/mol. The molecule has 3 aromatic carbocycles. The summed E-state index contributed by atoms with van der Waals surface area (Å²) in [5, 5.41) is 11.9. The van der Waals surface area contributed by atoms with Crippen molar-refractivity contribution in [3.8, 4) is 0 Å². The van der Waals surface area contributed by atoms with E-state index in [2.05, 4.69) is 5.32 Å². The van der Waals surface area contributed by atoms with Crippen molar-refractivity contribution in [1.29, 1.82) is 0 Å². The van der Waals surface area contributed by atoms with Gasteiger partial charge < -0.3 is 15.3 Å². The van der Waals surface area contributed by atoms with Gasteiger partial charge in [0, 0.05) is 19.5 Å². The molecule has 0 aliphatic heterocycles. The highest BCUT2D eigenvalue weighted by atomic mass is 19.1. The molecule has 32 heavy (non-hydrogen) atoms. The molecule has 0 heterocycles. The maximum absolute atomic E-state index is 13.4. The number of aliphatic hydroxyl groups excluding tert-OH is 1. The van der Waals surface area contributed by atoms with Gasteiger partial charge in [-0.05, 0) is 28.8 Å². The van der Waals surface area contributed by atoms with Crippen LogP contribution in [0.2, 0.25) is 0 Å². The Bertz CT molecular complexity index is 995. The van der Waals surface area contributed by atoms with Crippen LogP contribution in [0.4, 0.5) is 4.39 Å². The first-order valence-electron chi connectivity index (χ1n) is 10.6. The average Bonchev–Trinajstić information content (AvgIpc) is 2.82. The fourth-order valence-electron chi connectivity index (χ4n) is 3.51. The Kier molecular flexibility index (Phi) is 8.52. The minimum absolute atomic E-state index is 0.0986. The molecule has 0 aromatic heterocycles. The van der Waals surface area contributed by atoms with Gasteiger partial charge in [0.2, 0.25) is 11.8 Å². The number of carbonyl (C=O) groups excluding carboxylic acids is 2. The van der Waals surface area contributed by atoms with Crippen LogP contribution in [0.1, 0.15) is 16.7 Å². The van der Waals surface area contributed by atoms with Crippen molar-refractivity contribution >= 4 is 11.8 Å². The van der Waals surface area contributed by atoms with Gasteiger partial charge in [-0.15, -0.1) is 0 Å². The predicted molar refractivity (Wildman–Crippen MR) is 121 cm³/mol. The zero-order valence-electron chi connectivity index (χ0n) is 17.8. The van der Waals surface area contributed by atoms with E-state index in [1.165, 1.54) is 12.1 Å². The third kappa shape index (κ3) is 6.75. The molecule has 1 atom stereocenters. The first-order valence-corrected chi connectivity index (χ1v) is 10.6. The average molecular weight is 435 g/mol. The summed E-state index contributed by atoms with van der Waals surface area (Å²) < 4.78 is 13.4. The third-order valence-electron chi connectivity index (χ3n) is 5.15. The van der Waals surface area contributed by atoms with Gasteiger partial charge >= 0.3 is 0 Å². The van der Waals surface area contributed by atoms with Crippen LogP contribution in [0, 0.1) is 5.82 Å². The molecule has 0 spiro atoms. The van der Waals surface area contributed by atoms with E-state index in [1.807, 2.05) is 60.7 Å². The van der Waals surface area contributed by atoms with Crippen LogP contribution in [-0.2, 0) is 29.0 Å². The molecular weight excluding hydrogens is 407 g/mol. The summed E-state index contributed by atoms with van der Waals surface area (Å²) in [6, 6.07) is 23.9. The van der Waals surface area contributed by atoms with Gasteiger partial charge in [-0.3, -0.25) is 9.59 Å². The normalized spacial score (nSPS) is 11.6. The first-order chi connectivity index (χ1) is 15.6. The van der Waals surface area contributed by atoms with E-state index in [1.54, 1.807) is 17.0 Å². The van der Waals surface area contributed by atoms with Crippen LogP contribution in [0.5, 0.6) is 0 Å². The van der Waals surface area contributed by atoms with Gasteiger partial charge in [0.15, 0.2) is 0 Å². The Hall–Kier alpha value is -3.51. The maximum atomic E-state index is 13.4. The number of hydrogen-bond acceptors (Lipinski definition) is 3. The molecule has 2 N–H and O–H groups in total. The summed E-state index contributed by atoms with van der Waals surface area (Å²) in [5.41, 5.74) is 2.48. The van der Waals surface area contributed by atoms with E-state index in [-0.39, 0.29) is 43.7 Å². The second-order valence-electron chi connectivity index (χ2n) is 7.53. The Balaban J connectivity index is 1.93. The number of rotatable bonds is 10. The number of carbonyl (C=O) groups is 2. The number of amides is 2. The topological polar surface area (TPSA) is 69.6 Å². The zero-order chi connectivity index (χ0) is 22.8. The van der Waals surface area contributed by atoms with Crippen LogP contribution in [0.25, 0.3) is 0 Å². The molecule has 0 bridgehead atoms. The predicted octanol–water partition coefficient (Wildman–Crippen LogP) is 3.12. The van der Waals surface area contributed by atoms with Crippen LogP contribution < -0.4 is 5.32 Å². The molecule has 0 aliphatic rings. The maximum Gasteiger partial charge on any atom is 0.243 e. The summed E-state index contributed by atoms with van der Waals surface area (Å²) >= 11 is 0. The molecule has 3 rings (SSSR count). The molecule has 0 unspecified atom stereocenters. The molecule has 0 saturated carbocycles. The van der Waals surface area contributed by atoms with Crippen LogP contribution in [0.15, 0.2) is 84.9 Å². The van der Waals surface area contributed by atoms with Gasteiger partial charge in [-0.1, -0.05) is 72.8 Å². The molecule has 0 aliphatic carbocycles. The fraction of sp³-hybridized carbons (Fsp3) is 0.231. The lowest BCUT2D eigenvalue weighted by molar-refractivity contribution is -0.140. The van der Waals surface area contributed by atoms with Gasteiger partial charge in [0.05, 0.1) is 13.0 Å². The van der Waals surface area contributed by atoms with E-state index in [9.17, 15) is 14.0 Å². The third-order valence-corrected chi connectivity index (χ3v) is 5.15. The lowest BCUT2D eigenvalue weighted by atomic mass is 10.0. The Morgan fingerprint density at radius 1 is 0.844 bits per heavy atom. The van der Waals surface area contributed by atoms with Crippen molar-refractivity contribution in [1.82, 2.24) is 10.2 Å². The minimum Gasteiger partial charge on any atom is -0.395 e. The molecule has 3 aromatic rings. The minimum atomic E-state index is -0.787. The summed E-state index contributed by atoms with van der Waals surface area (Å²) in [7, 11) is 0. The highest BCUT2D eigenvalue weighted by molar-refractivity contribution is 5.88. The number of aliphatic hydroxyl groups is 1. The molecule has 0 saturated heterocycles. The second kappa shape index (κ2) is 11.8. The Labute approximate surface area is 187 Å². The van der Waals surface area contributed by atoms with Crippen molar-refractivity contribution < 1.29 is 19.1 Å². The number of benzene rings is 3. The smallest absolute Gasteiger partial charge is 0.243 e. The highest BCUT2D eigenvalue weighted by Crippen LogP contribution is 2.17. The molecular formula is C26H27FN2O3. The highest BCUT2D eigenvalue weighted by Gasteiger charge is 2.30. The Morgan fingerprint density at radius 3 is 2.03 bits per heavy atom. The number of nitrogens with zero attached hydrogens (tertiary/aromatic N) is 1. The van der Waals surface area contributed by atoms with Crippen LogP contribution in [-0.4, -0.2) is 41.0 Å². The van der Waals surface area contributed by atoms with Crippen LogP contribution in [0.3, 0.4) is 0 Å². The number of halogens is 1. The van der Waals surface area contributed by atoms with Crippen molar-refractivity contribution in [3.05, 3.63) is 107 Å². The SMILES string of the molecule is O=C(NCCO)[C@@H](Cc1ccccc1)N(Cc1ccc(F)cc1)C(=O)Cc1ccccc1. The van der Waals surface area contributed by atoms with E-state index in [0.717, 1.165) is 16.7 Å². The number of nitrogens with one attached hydrogen (secondary N) is 1. The van der Waals surface area contributed by atoms with Gasteiger partial charge in [-0.25, -0.2) is 4.39 Å². The molecule has 5 nitrogen and oxygen atoms in total. The van der Waals surface area contributed by atoms with E-state index in [4.69, 9.17) is 5.11 Å². The lowest BCUT2D eigenvalue weighted by Gasteiger charge is -2.31. The van der Waals surface area contributed by atoms with E-state index < -0.39 is 6.04 Å². The molecule has 166 valence electrons. The summed E-state index contributed by atoms with van der Waals surface area (Å²) in [5.74, 6) is -0.913. The number of hydrogen-bond donors (Lipinski definition) is 2. The van der Waals surface area contributed by atoms with E-state index >= 15 is 0 Å². The molecule has 2 amide bonds. The van der Waals surface area contributed by atoms with Gasteiger partial charge in [0.25, 0.3) is 0 Å². The summed E-state index contributed by atoms with van der Waals surface area (Å²) in [4.78, 5) is 28.0. The van der Waals surface area contributed by atoms with E-state index in [0.29, 0.717) is 6.42 Å². The summed E-state index contributed by atoms with van der Waals surface area (Å²) in [6.07, 6.45) is 0.459. The van der Waals surface area contributed by atoms with Gasteiger partial charge in [0.1, 0.15) is 11.9 Å². The first kappa shape index (κ1) is 23.2. The van der Waals surface area contributed by atoms with Gasteiger partial charge in [-0.2, -0.15) is 0 Å². The molecule has 0 radical (unpaired) electrons. The summed E-state index contributed by atoms with van der Waals surface area (Å²) in [6.45, 7) is 0.0666.